The van der Waals surface area contributed by atoms with Crippen molar-refractivity contribution in [2.24, 2.45) is 0 Å². The molecule has 0 aliphatic heterocycles. The molecule has 1 aromatic heterocycles. The van der Waals surface area contributed by atoms with Crippen molar-refractivity contribution in [3.63, 3.8) is 0 Å². The van der Waals surface area contributed by atoms with Crippen molar-refractivity contribution in [1.29, 1.82) is 0 Å². The third kappa shape index (κ3) is 4.81. The number of ether oxygens (including phenoxy) is 1. The maximum atomic E-state index is 12.9. The molecule has 0 aromatic carbocycles. The Hall–Kier alpha value is -1.43. The van der Waals surface area contributed by atoms with E-state index in [9.17, 15) is 9.59 Å². The maximum absolute atomic E-state index is 12.9. The van der Waals surface area contributed by atoms with Crippen LogP contribution >= 0.6 is 11.3 Å². The fourth-order valence-electron chi connectivity index (χ4n) is 4.16. The van der Waals surface area contributed by atoms with Gasteiger partial charge in [0.05, 0.1) is 5.01 Å². The van der Waals surface area contributed by atoms with Gasteiger partial charge in [-0.05, 0) is 32.6 Å². The lowest BCUT2D eigenvalue weighted by atomic mass is 9.88. The van der Waals surface area contributed by atoms with Gasteiger partial charge in [0.1, 0.15) is 0 Å². The van der Waals surface area contributed by atoms with Gasteiger partial charge in [-0.1, -0.05) is 38.5 Å². The Morgan fingerprint density at radius 3 is 2.12 bits per heavy atom. The molecule has 0 saturated heterocycles. The van der Waals surface area contributed by atoms with Crippen LogP contribution in [0.5, 0.6) is 0 Å². The quantitative estimate of drug-likeness (QED) is 0.738. The van der Waals surface area contributed by atoms with Crippen LogP contribution in [0.3, 0.4) is 0 Å². The van der Waals surface area contributed by atoms with Gasteiger partial charge in [-0.25, -0.2) is 9.78 Å². The van der Waals surface area contributed by atoms with E-state index in [0.717, 1.165) is 30.7 Å². The molecule has 0 atom stereocenters. The first kappa shape index (κ1) is 18.4. The highest BCUT2D eigenvalue weighted by molar-refractivity contribution is 7.09. The van der Waals surface area contributed by atoms with E-state index in [-0.39, 0.29) is 12.5 Å². The van der Waals surface area contributed by atoms with E-state index < -0.39 is 5.97 Å². The van der Waals surface area contributed by atoms with Gasteiger partial charge < -0.3 is 9.64 Å². The lowest BCUT2D eigenvalue weighted by molar-refractivity contribution is -0.141. The molecule has 0 unspecified atom stereocenters. The van der Waals surface area contributed by atoms with Crippen LogP contribution in [0.2, 0.25) is 0 Å². The van der Waals surface area contributed by atoms with Crippen LogP contribution in [0, 0.1) is 6.92 Å². The summed E-state index contributed by atoms with van der Waals surface area (Å²) in [5.74, 6) is -0.524. The topological polar surface area (TPSA) is 59.5 Å². The number of esters is 1. The molecule has 6 heteroatoms. The number of thiazole rings is 1. The largest absolute Gasteiger partial charge is 0.451 e. The van der Waals surface area contributed by atoms with Crippen LogP contribution in [0.1, 0.15) is 79.7 Å². The van der Waals surface area contributed by atoms with Crippen molar-refractivity contribution < 1.29 is 14.3 Å². The van der Waals surface area contributed by atoms with Crippen molar-refractivity contribution in [3.05, 3.63) is 16.1 Å². The van der Waals surface area contributed by atoms with E-state index in [4.69, 9.17) is 4.74 Å². The Bertz CT molecular complexity index is 571. The zero-order valence-corrected chi connectivity index (χ0v) is 15.9. The van der Waals surface area contributed by atoms with E-state index in [1.807, 2.05) is 6.92 Å². The minimum Gasteiger partial charge on any atom is -0.451 e. The molecule has 3 rings (SSSR count). The van der Waals surface area contributed by atoms with Crippen LogP contribution in [0.4, 0.5) is 0 Å². The van der Waals surface area contributed by atoms with Crippen LogP contribution in [-0.2, 0) is 9.53 Å². The second-order valence-electron chi connectivity index (χ2n) is 7.21. The minimum atomic E-state index is -0.495. The highest BCUT2D eigenvalue weighted by atomic mass is 32.1. The predicted molar refractivity (Wildman–Crippen MR) is 97.7 cm³/mol. The number of rotatable bonds is 5. The molecule has 0 N–H and O–H groups in total. The summed E-state index contributed by atoms with van der Waals surface area (Å²) in [6.45, 7) is 1.68. The monoisotopic (exact) mass is 364 g/mol. The first-order valence-corrected chi connectivity index (χ1v) is 10.4. The molecule has 1 heterocycles. The van der Waals surface area contributed by atoms with Crippen molar-refractivity contribution in [3.8, 4) is 0 Å². The molecular formula is C19H28N2O3S. The minimum absolute atomic E-state index is 0.0286. The average Bonchev–Trinajstić information content (AvgIpc) is 3.08. The second-order valence-corrected chi connectivity index (χ2v) is 8.27. The SMILES string of the molecule is Cc1nc(C(=O)OCC(=O)N(C2CCCCC2)C2CCCCC2)cs1. The first-order valence-electron chi connectivity index (χ1n) is 9.55. The molecular weight excluding hydrogens is 336 g/mol. The van der Waals surface area contributed by atoms with Crippen molar-refractivity contribution >= 4 is 23.2 Å². The Morgan fingerprint density at radius 2 is 1.64 bits per heavy atom. The molecule has 138 valence electrons. The van der Waals surface area contributed by atoms with E-state index >= 15 is 0 Å². The standard InChI is InChI=1S/C19H28N2O3S/c1-14-20-17(13-25-14)19(23)24-12-18(22)21(15-8-4-2-5-9-15)16-10-6-3-7-11-16/h13,15-16H,2-12H2,1H3. The molecule has 25 heavy (non-hydrogen) atoms. The third-order valence-corrected chi connectivity index (χ3v) is 6.15. The third-order valence-electron chi connectivity index (χ3n) is 5.38. The van der Waals surface area contributed by atoms with Gasteiger partial charge in [-0.2, -0.15) is 0 Å². The fourth-order valence-corrected chi connectivity index (χ4v) is 4.74. The Balaban J connectivity index is 1.62. The summed E-state index contributed by atoms with van der Waals surface area (Å²) in [6, 6.07) is 0.647. The Morgan fingerprint density at radius 1 is 1.08 bits per heavy atom. The van der Waals surface area contributed by atoms with Crippen LogP contribution < -0.4 is 0 Å². The van der Waals surface area contributed by atoms with Gasteiger partial charge in [-0.15, -0.1) is 11.3 Å². The van der Waals surface area contributed by atoms with Crippen LogP contribution in [-0.4, -0.2) is 40.5 Å². The molecule has 5 nitrogen and oxygen atoms in total. The van der Waals surface area contributed by atoms with Gasteiger partial charge in [0.2, 0.25) is 0 Å². The zero-order chi connectivity index (χ0) is 17.6. The summed E-state index contributed by atoms with van der Waals surface area (Å²) in [6.07, 6.45) is 11.6. The zero-order valence-electron chi connectivity index (χ0n) is 15.0. The molecule has 0 bridgehead atoms. The summed E-state index contributed by atoms with van der Waals surface area (Å²) < 4.78 is 5.28. The van der Waals surface area contributed by atoms with Crippen molar-refractivity contribution in [1.82, 2.24) is 9.88 Å². The van der Waals surface area contributed by atoms with E-state index in [1.54, 1.807) is 5.38 Å². The van der Waals surface area contributed by atoms with Gasteiger partial charge in [-0.3, -0.25) is 4.79 Å². The number of nitrogens with zero attached hydrogens (tertiary/aromatic N) is 2. The molecule has 1 amide bonds. The summed E-state index contributed by atoms with van der Waals surface area (Å²) in [5.41, 5.74) is 0.303. The summed E-state index contributed by atoms with van der Waals surface area (Å²) in [4.78, 5) is 31.2. The number of carbonyl (C=O) groups excluding carboxylic acids is 2. The van der Waals surface area contributed by atoms with Gasteiger partial charge >= 0.3 is 5.97 Å². The number of carbonyl (C=O) groups is 2. The highest BCUT2D eigenvalue weighted by Gasteiger charge is 2.32. The Labute approximate surface area is 153 Å². The number of amides is 1. The normalized spacial score (nSPS) is 19.6. The molecule has 0 spiro atoms. The van der Waals surface area contributed by atoms with E-state index in [2.05, 4.69) is 9.88 Å². The summed E-state index contributed by atoms with van der Waals surface area (Å²) >= 11 is 1.41. The number of aromatic nitrogens is 1. The smallest absolute Gasteiger partial charge is 0.358 e. The second kappa shape index (κ2) is 8.79. The first-order chi connectivity index (χ1) is 12.1. The maximum Gasteiger partial charge on any atom is 0.358 e. The Kier molecular flexibility index (Phi) is 6.45. The van der Waals surface area contributed by atoms with Gasteiger partial charge in [0.15, 0.2) is 12.3 Å². The molecule has 2 aliphatic carbocycles. The summed E-state index contributed by atoms with van der Waals surface area (Å²) in [7, 11) is 0. The number of hydrogen-bond donors (Lipinski definition) is 0. The predicted octanol–water partition coefficient (Wildman–Crippen LogP) is 4.10. The average molecular weight is 365 g/mol. The van der Waals surface area contributed by atoms with Gasteiger partial charge in [0.25, 0.3) is 5.91 Å². The molecule has 2 fully saturated rings. The lowest BCUT2D eigenvalue weighted by Gasteiger charge is -2.41. The van der Waals surface area contributed by atoms with Gasteiger partial charge in [0, 0.05) is 17.5 Å². The molecule has 0 radical (unpaired) electrons. The van der Waals surface area contributed by atoms with E-state index in [0.29, 0.717) is 17.8 Å². The molecule has 2 saturated carbocycles. The molecule has 1 aromatic rings. The van der Waals surface area contributed by atoms with Crippen molar-refractivity contribution in [2.45, 2.75) is 83.2 Å². The highest BCUT2D eigenvalue weighted by Crippen LogP contribution is 2.30. The van der Waals surface area contributed by atoms with E-state index in [1.165, 1.54) is 49.9 Å². The van der Waals surface area contributed by atoms with Crippen LogP contribution in [0.15, 0.2) is 5.38 Å². The summed E-state index contributed by atoms with van der Waals surface area (Å²) in [5, 5.41) is 2.51. The number of aryl methyl sites for hydroxylation is 1. The number of hydrogen-bond acceptors (Lipinski definition) is 5. The van der Waals surface area contributed by atoms with Crippen LogP contribution in [0.25, 0.3) is 0 Å². The molecule has 2 aliphatic rings. The lowest BCUT2D eigenvalue weighted by Crippen LogP contribution is -2.50. The van der Waals surface area contributed by atoms with Crippen molar-refractivity contribution in [2.75, 3.05) is 6.61 Å². The fraction of sp³-hybridized carbons (Fsp3) is 0.737.